The minimum absolute atomic E-state index is 0.662. The summed E-state index contributed by atoms with van der Waals surface area (Å²) in [5.41, 5.74) is 2.59. The molecule has 2 nitrogen and oxygen atoms in total. The van der Waals surface area contributed by atoms with Crippen LogP contribution in [0.15, 0.2) is 24.3 Å². The van der Waals surface area contributed by atoms with Gasteiger partial charge in [0.25, 0.3) is 0 Å². The number of para-hydroxylation sites is 1. The quantitative estimate of drug-likeness (QED) is 0.763. The Morgan fingerprint density at radius 3 is 3.00 bits per heavy atom. The second kappa shape index (κ2) is 4.47. The minimum atomic E-state index is 0.662. The van der Waals surface area contributed by atoms with E-state index >= 15 is 0 Å². The van der Waals surface area contributed by atoms with Crippen molar-refractivity contribution >= 4 is 5.69 Å². The second-order valence-corrected chi connectivity index (χ2v) is 3.99. The van der Waals surface area contributed by atoms with Crippen LogP contribution in [0.3, 0.4) is 0 Å². The van der Waals surface area contributed by atoms with E-state index in [1.165, 1.54) is 30.6 Å². The Labute approximate surface area is 85.7 Å². The first-order valence-corrected chi connectivity index (χ1v) is 5.39. The van der Waals surface area contributed by atoms with Crippen molar-refractivity contribution in [2.45, 2.75) is 25.8 Å². The van der Waals surface area contributed by atoms with Crippen LogP contribution >= 0.6 is 0 Å². The Balaban J connectivity index is 1.88. The molecular weight excluding hydrogens is 172 g/mol. The van der Waals surface area contributed by atoms with Crippen LogP contribution in [0.25, 0.3) is 0 Å². The lowest BCUT2D eigenvalue weighted by molar-refractivity contribution is 0.633. The van der Waals surface area contributed by atoms with Gasteiger partial charge < -0.3 is 10.6 Å². The average molecular weight is 190 g/mol. The molecule has 0 unspecified atom stereocenters. The Hall–Kier alpha value is -1.02. The SMILES string of the molecule is Cc1ccccc1NC[C@@H]1CCCN1. The van der Waals surface area contributed by atoms with Gasteiger partial charge in [0.2, 0.25) is 0 Å². The van der Waals surface area contributed by atoms with Gasteiger partial charge in [0.05, 0.1) is 0 Å². The molecule has 1 aromatic carbocycles. The lowest BCUT2D eigenvalue weighted by atomic mass is 10.2. The number of hydrogen-bond donors (Lipinski definition) is 2. The van der Waals surface area contributed by atoms with Crippen LogP contribution in [0.1, 0.15) is 18.4 Å². The van der Waals surface area contributed by atoms with Gasteiger partial charge in [-0.3, -0.25) is 0 Å². The van der Waals surface area contributed by atoms with Gasteiger partial charge in [-0.2, -0.15) is 0 Å². The first-order chi connectivity index (χ1) is 6.86. The third-order valence-electron chi connectivity index (χ3n) is 2.85. The molecule has 0 saturated carbocycles. The lowest BCUT2D eigenvalue weighted by Gasteiger charge is -2.14. The molecule has 0 spiro atoms. The van der Waals surface area contributed by atoms with E-state index in [9.17, 15) is 0 Å². The van der Waals surface area contributed by atoms with Crippen LogP contribution in [-0.2, 0) is 0 Å². The molecule has 0 aliphatic carbocycles. The van der Waals surface area contributed by atoms with Crippen molar-refractivity contribution in [3.63, 3.8) is 0 Å². The predicted octanol–water partition coefficient (Wildman–Crippen LogP) is 2.16. The van der Waals surface area contributed by atoms with Gasteiger partial charge in [0.15, 0.2) is 0 Å². The Morgan fingerprint density at radius 1 is 1.43 bits per heavy atom. The number of anilines is 1. The molecule has 1 fully saturated rings. The van der Waals surface area contributed by atoms with E-state index in [4.69, 9.17) is 0 Å². The van der Waals surface area contributed by atoms with E-state index in [-0.39, 0.29) is 0 Å². The van der Waals surface area contributed by atoms with Crippen molar-refractivity contribution in [1.82, 2.24) is 5.32 Å². The molecule has 1 aliphatic rings. The van der Waals surface area contributed by atoms with E-state index in [2.05, 4.69) is 41.8 Å². The Morgan fingerprint density at radius 2 is 2.29 bits per heavy atom. The van der Waals surface area contributed by atoms with Gasteiger partial charge in [0, 0.05) is 18.3 Å². The highest BCUT2D eigenvalue weighted by Gasteiger charge is 2.13. The molecular formula is C12H18N2. The Kier molecular flexibility index (Phi) is 3.04. The summed E-state index contributed by atoms with van der Waals surface area (Å²) in [6.07, 6.45) is 2.62. The third-order valence-corrected chi connectivity index (χ3v) is 2.85. The van der Waals surface area contributed by atoms with Crippen LogP contribution in [0, 0.1) is 6.92 Å². The normalized spacial score (nSPS) is 21.1. The summed E-state index contributed by atoms with van der Waals surface area (Å²) in [7, 11) is 0. The molecule has 2 heteroatoms. The highest BCUT2D eigenvalue weighted by Crippen LogP contribution is 2.14. The van der Waals surface area contributed by atoms with Gasteiger partial charge >= 0.3 is 0 Å². The average Bonchev–Trinajstić information content (AvgIpc) is 2.69. The molecule has 14 heavy (non-hydrogen) atoms. The molecule has 2 rings (SSSR count). The molecule has 76 valence electrons. The molecule has 0 radical (unpaired) electrons. The molecule has 1 atom stereocenters. The smallest absolute Gasteiger partial charge is 0.0370 e. The maximum atomic E-state index is 3.49. The van der Waals surface area contributed by atoms with Crippen molar-refractivity contribution in [2.24, 2.45) is 0 Å². The number of nitrogens with one attached hydrogen (secondary N) is 2. The summed E-state index contributed by atoms with van der Waals surface area (Å²) in [6, 6.07) is 9.11. The van der Waals surface area contributed by atoms with Gasteiger partial charge in [-0.15, -0.1) is 0 Å². The van der Waals surface area contributed by atoms with E-state index in [1.807, 2.05) is 0 Å². The molecule has 1 heterocycles. The predicted molar refractivity (Wildman–Crippen MR) is 60.7 cm³/mol. The molecule has 1 saturated heterocycles. The fraction of sp³-hybridized carbons (Fsp3) is 0.500. The third kappa shape index (κ3) is 2.26. The summed E-state index contributed by atoms with van der Waals surface area (Å²) in [6.45, 7) is 4.37. The fourth-order valence-corrected chi connectivity index (χ4v) is 1.94. The maximum absolute atomic E-state index is 3.49. The number of hydrogen-bond acceptors (Lipinski definition) is 2. The molecule has 0 amide bonds. The summed E-state index contributed by atoms with van der Waals surface area (Å²) >= 11 is 0. The van der Waals surface area contributed by atoms with Gasteiger partial charge in [-0.25, -0.2) is 0 Å². The zero-order valence-corrected chi connectivity index (χ0v) is 8.72. The molecule has 1 aliphatic heterocycles. The van der Waals surface area contributed by atoms with Crippen LogP contribution in [0.4, 0.5) is 5.69 Å². The number of benzene rings is 1. The van der Waals surface area contributed by atoms with Crippen molar-refractivity contribution in [1.29, 1.82) is 0 Å². The second-order valence-electron chi connectivity index (χ2n) is 3.99. The summed E-state index contributed by atoms with van der Waals surface area (Å²) < 4.78 is 0. The Bertz CT molecular complexity index is 290. The zero-order valence-electron chi connectivity index (χ0n) is 8.72. The van der Waals surface area contributed by atoms with Crippen LogP contribution in [-0.4, -0.2) is 19.1 Å². The van der Waals surface area contributed by atoms with Crippen molar-refractivity contribution in [3.05, 3.63) is 29.8 Å². The number of aryl methyl sites for hydroxylation is 1. The largest absolute Gasteiger partial charge is 0.383 e. The summed E-state index contributed by atoms with van der Waals surface area (Å²) in [5.74, 6) is 0. The minimum Gasteiger partial charge on any atom is -0.383 e. The van der Waals surface area contributed by atoms with Crippen molar-refractivity contribution < 1.29 is 0 Å². The van der Waals surface area contributed by atoms with Gasteiger partial charge in [-0.05, 0) is 37.9 Å². The number of rotatable bonds is 3. The standard InChI is InChI=1S/C12H18N2/c1-10-5-2-3-7-12(10)14-9-11-6-4-8-13-11/h2-3,5,7,11,13-14H,4,6,8-9H2,1H3/t11-/m0/s1. The topological polar surface area (TPSA) is 24.1 Å². The van der Waals surface area contributed by atoms with E-state index < -0.39 is 0 Å². The molecule has 0 aromatic heterocycles. The highest BCUT2D eigenvalue weighted by molar-refractivity contribution is 5.50. The molecule has 2 N–H and O–H groups in total. The van der Waals surface area contributed by atoms with Gasteiger partial charge in [0.1, 0.15) is 0 Å². The van der Waals surface area contributed by atoms with Crippen LogP contribution < -0.4 is 10.6 Å². The van der Waals surface area contributed by atoms with Crippen LogP contribution in [0.5, 0.6) is 0 Å². The zero-order chi connectivity index (χ0) is 9.80. The molecule has 0 bridgehead atoms. The van der Waals surface area contributed by atoms with Crippen LogP contribution in [0.2, 0.25) is 0 Å². The fourth-order valence-electron chi connectivity index (χ4n) is 1.94. The van der Waals surface area contributed by atoms with Gasteiger partial charge in [-0.1, -0.05) is 18.2 Å². The van der Waals surface area contributed by atoms with E-state index in [0.717, 1.165) is 6.54 Å². The maximum Gasteiger partial charge on any atom is 0.0370 e. The lowest BCUT2D eigenvalue weighted by Crippen LogP contribution is -2.29. The first kappa shape index (κ1) is 9.53. The highest BCUT2D eigenvalue weighted by atomic mass is 15.0. The van der Waals surface area contributed by atoms with Crippen molar-refractivity contribution in [2.75, 3.05) is 18.4 Å². The summed E-state index contributed by atoms with van der Waals surface area (Å²) in [5, 5.41) is 6.98. The van der Waals surface area contributed by atoms with E-state index in [1.54, 1.807) is 0 Å². The first-order valence-electron chi connectivity index (χ1n) is 5.39. The van der Waals surface area contributed by atoms with E-state index in [0.29, 0.717) is 6.04 Å². The van der Waals surface area contributed by atoms with Crippen molar-refractivity contribution in [3.8, 4) is 0 Å². The monoisotopic (exact) mass is 190 g/mol. The molecule has 1 aromatic rings. The summed E-state index contributed by atoms with van der Waals surface area (Å²) in [4.78, 5) is 0.